The van der Waals surface area contributed by atoms with Gasteiger partial charge in [0.05, 0.1) is 6.61 Å². The lowest BCUT2D eigenvalue weighted by atomic mass is 10.2. The number of aromatic nitrogens is 2. The van der Waals surface area contributed by atoms with Gasteiger partial charge >= 0.3 is 0 Å². The molecule has 1 unspecified atom stereocenters. The van der Waals surface area contributed by atoms with Crippen LogP contribution in [0.2, 0.25) is 0 Å². The maximum absolute atomic E-state index is 12.0. The zero-order chi connectivity index (χ0) is 18.4. The number of ether oxygens (including phenoxy) is 1. The highest BCUT2D eigenvalue weighted by atomic mass is 79.9. The summed E-state index contributed by atoms with van der Waals surface area (Å²) in [4.78, 5) is 16.3. The van der Waals surface area contributed by atoms with Crippen LogP contribution in [0.25, 0.3) is 11.4 Å². The number of hydrogen-bond donors (Lipinski definition) is 1. The summed E-state index contributed by atoms with van der Waals surface area (Å²) in [5.74, 6) is 0.588. The fraction of sp³-hybridized carbons (Fsp3) is 0.211. The molecule has 0 spiro atoms. The van der Waals surface area contributed by atoms with Crippen molar-refractivity contribution in [3.63, 3.8) is 0 Å². The minimum Gasteiger partial charge on any atom is -0.367 e. The Balaban J connectivity index is 1.50. The third-order valence-electron chi connectivity index (χ3n) is 3.64. The van der Waals surface area contributed by atoms with Crippen LogP contribution in [0.4, 0.5) is 0 Å². The van der Waals surface area contributed by atoms with E-state index >= 15 is 0 Å². The lowest BCUT2D eigenvalue weighted by Crippen LogP contribution is -2.30. The molecule has 1 atom stereocenters. The van der Waals surface area contributed by atoms with Gasteiger partial charge in [0.1, 0.15) is 12.6 Å². The van der Waals surface area contributed by atoms with E-state index in [1.54, 1.807) is 6.92 Å². The van der Waals surface area contributed by atoms with Crippen LogP contribution in [0.1, 0.15) is 24.4 Å². The smallest absolute Gasteiger partial charge is 0.249 e. The van der Waals surface area contributed by atoms with E-state index in [0.29, 0.717) is 18.3 Å². The van der Waals surface area contributed by atoms with Gasteiger partial charge in [-0.15, -0.1) is 0 Å². The molecule has 0 aliphatic heterocycles. The normalized spacial score (nSPS) is 11.9. The average molecular weight is 416 g/mol. The first-order chi connectivity index (χ1) is 12.6. The highest BCUT2D eigenvalue weighted by Crippen LogP contribution is 2.20. The summed E-state index contributed by atoms with van der Waals surface area (Å²) < 4.78 is 11.7. The first-order valence-electron chi connectivity index (χ1n) is 8.12. The van der Waals surface area contributed by atoms with Crippen LogP contribution in [0.3, 0.4) is 0 Å². The van der Waals surface area contributed by atoms with Crippen LogP contribution in [-0.4, -0.2) is 22.7 Å². The third kappa shape index (κ3) is 5.00. The van der Waals surface area contributed by atoms with E-state index in [4.69, 9.17) is 9.26 Å². The van der Waals surface area contributed by atoms with Crippen molar-refractivity contribution in [2.24, 2.45) is 0 Å². The van der Waals surface area contributed by atoms with Crippen LogP contribution in [0.5, 0.6) is 0 Å². The van der Waals surface area contributed by atoms with E-state index in [1.807, 2.05) is 54.6 Å². The van der Waals surface area contributed by atoms with Gasteiger partial charge in [-0.1, -0.05) is 51.4 Å². The Morgan fingerprint density at radius 3 is 2.65 bits per heavy atom. The van der Waals surface area contributed by atoms with Crippen molar-refractivity contribution < 1.29 is 14.1 Å². The van der Waals surface area contributed by atoms with Gasteiger partial charge in [0, 0.05) is 10.0 Å². The molecular weight excluding hydrogens is 398 g/mol. The summed E-state index contributed by atoms with van der Waals surface area (Å²) in [6, 6.07) is 16.9. The lowest BCUT2D eigenvalue weighted by molar-refractivity contribution is -0.126. The fourth-order valence-electron chi connectivity index (χ4n) is 2.31. The molecule has 0 fully saturated rings. The zero-order valence-electron chi connectivity index (χ0n) is 14.2. The summed E-state index contributed by atoms with van der Waals surface area (Å²) in [6.07, 6.45) is 0. The molecule has 3 aromatic rings. The monoisotopic (exact) mass is 415 g/mol. The van der Waals surface area contributed by atoms with E-state index in [2.05, 4.69) is 31.4 Å². The summed E-state index contributed by atoms with van der Waals surface area (Å²) in [7, 11) is 0. The standard InChI is InChI=1S/C19H18BrN3O3/c1-13(21-17(24)12-25-11-14-5-3-2-4-6-14)19-22-18(23-26-19)15-7-9-16(20)10-8-15/h2-10,13H,11-12H2,1H3,(H,21,24). The van der Waals surface area contributed by atoms with Gasteiger partial charge in [-0.25, -0.2) is 0 Å². The van der Waals surface area contributed by atoms with Crippen molar-refractivity contribution in [1.29, 1.82) is 0 Å². The Labute approximate surface area is 159 Å². The van der Waals surface area contributed by atoms with E-state index in [0.717, 1.165) is 15.6 Å². The molecule has 0 saturated carbocycles. The predicted molar refractivity (Wildman–Crippen MR) is 100 cm³/mol. The predicted octanol–water partition coefficient (Wildman–Crippen LogP) is 3.89. The largest absolute Gasteiger partial charge is 0.367 e. The van der Waals surface area contributed by atoms with Crippen LogP contribution in [0, 0.1) is 0 Å². The molecule has 0 aliphatic rings. The number of halogens is 1. The molecule has 1 aromatic heterocycles. The van der Waals surface area contributed by atoms with Crippen molar-refractivity contribution in [3.8, 4) is 11.4 Å². The third-order valence-corrected chi connectivity index (χ3v) is 4.17. The molecule has 3 rings (SSSR count). The van der Waals surface area contributed by atoms with Crippen LogP contribution >= 0.6 is 15.9 Å². The number of carbonyl (C=O) groups excluding carboxylic acids is 1. The van der Waals surface area contributed by atoms with Gasteiger partial charge in [0.2, 0.25) is 17.6 Å². The van der Waals surface area contributed by atoms with Gasteiger partial charge in [-0.3, -0.25) is 4.79 Å². The first-order valence-corrected chi connectivity index (χ1v) is 8.91. The SMILES string of the molecule is CC(NC(=O)COCc1ccccc1)c1nc(-c2ccc(Br)cc2)no1. The average Bonchev–Trinajstić information content (AvgIpc) is 3.13. The number of hydrogen-bond acceptors (Lipinski definition) is 5. The Morgan fingerprint density at radius 1 is 1.19 bits per heavy atom. The van der Waals surface area contributed by atoms with E-state index in [9.17, 15) is 4.79 Å². The maximum atomic E-state index is 12.0. The molecule has 1 amide bonds. The first kappa shape index (κ1) is 18.3. The van der Waals surface area contributed by atoms with Gasteiger partial charge in [-0.2, -0.15) is 4.98 Å². The van der Waals surface area contributed by atoms with Crippen LogP contribution < -0.4 is 5.32 Å². The van der Waals surface area contributed by atoms with Gasteiger partial charge in [0.15, 0.2) is 0 Å². The number of nitrogens with zero attached hydrogens (tertiary/aromatic N) is 2. The Hall–Kier alpha value is -2.51. The molecular formula is C19H18BrN3O3. The maximum Gasteiger partial charge on any atom is 0.249 e. The zero-order valence-corrected chi connectivity index (χ0v) is 15.8. The van der Waals surface area contributed by atoms with Crippen LogP contribution in [0.15, 0.2) is 63.6 Å². The quantitative estimate of drug-likeness (QED) is 0.633. The van der Waals surface area contributed by atoms with E-state index < -0.39 is 6.04 Å². The second-order valence-electron chi connectivity index (χ2n) is 5.73. The Bertz CT molecular complexity index is 850. The summed E-state index contributed by atoms with van der Waals surface area (Å²) in [5, 5.41) is 6.75. The van der Waals surface area contributed by atoms with E-state index in [1.165, 1.54) is 0 Å². The summed E-state index contributed by atoms with van der Waals surface area (Å²) in [5.41, 5.74) is 1.86. The van der Waals surface area contributed by atoms with Gasteiger partial charge < -0.3 is 14.6 Å². The Kier molecular flexibility index (Phi) is 6.14. The number of rotatable bonds is 7. The molecule has 1 heterocycles. The van der Waals surface area contributed by atoms with Gasteiger partial charge in [-0.05, 0) is 36.8 Å². The molecule has 6 nitrogen and oxygen atoms in total. The van der Waals surface area contributed by atoms with Crippen molar-refractivity contribution in [1.82, 2.24) is 15.5 Å². The highest BCUT2D eigenvalue weighted by Gasteiger charge is 2.17. The molecule has 0 aliphatic carbocycles. The molecule has 7 heteroatoms. The topological polar surface area (TPSA) is 77.2 Å². The second-order valence-corrected chi connectivity index (χ2v) is 6.65. The van der Waals surface area contributed by atoms with Crippen molar-refractivity contribution >= 4 is 21.8 Å². The van der Waals surface area contributed by atoms with E-state index in [-0.39, 0.29) is 12.5 Å². The summed E-state index contributed by atoms with van der Waals surface area (Å²) >= 11 is 3.39. The number of carbonyl (C=O) groups is 1. The molecule has 0 saturated heterocycles. The highest BCUT2D eigenvalue weighted by molar-refractivity contribution is 9.10. The lowest BCUT2D eigenvalue weighted by Gasteiger charge is -2.10. The van der Waals surface area contributed by atoms with Crippen molar-refractivity contribution in [2.75, 3.05) is 6.61 Å². The Morgan fingerprint density at radius 2 is 1.92 bits per heavy atom. The van der Waals surface area contributed by atoms with Crippen molar-refractivity contribution in [2.45, 2.75) is 19.6 Å². The van der Waals surface area contributed by atoms with Gasteiger partial charge in [0.25, 0.3) is 0 Å². The molecule has 134 valence electrons. The number of nitrogens with one attached hydrogen (secondary N) is 1. The van der Waals surface area contributed by atoms with Crippen LogP contribution in [-0.2, 0) is 16.1 Å². The number of amides is 1. The minimum absolute atomic E-state index is 0.0348. The molecule has 2 aromatic carbocycles. The summed E-state index contributed by atoms with van der Waals surface area (Å²) in [6.45, 7) is 2.14. The fourth-order valence-corrected chi connectivity index (χ4v) is 2.57. The van der Waals surface area contributed by atoms with Crippen molar-refractivity contribution in [3.05, 3.63) is 70.5 Å². The minimum atomic E-state index is -0.403. The molecule has 0 bridgehead atoms. The molecule has 1 N–H and O–H groups in total. The number of benzene rings is 2. The molecule has 0 radical (unpaired) electrons. The second kappa shape index (κ2) is 8.73. The molecule has 26 heavy (non-hydrogen) atoms.